The molecule has 0 saturated heterocycles. The second kappa shape index (κ2) is 60.8. The van der Waals surface area contributed by atoms with Gasteiger partial charge in [-0.25, -0.2) is 0 Å². The maximum Gasteiger partial charge on any atom is 0.306 e. The van der Waals surface area contributed by atoms with E-state index in [0.29, 0.717) is 19.3 Å². The third-order valence-corrected chi connectivity index (χ3v) is 11.3. The molecule has 0 spiro atoms. The average molecular weight is 1030 g/mol. The number of ether oxygens (including phenoxy) is 3. The molecule has 0 radical (unpaired) electrons. The summed E-state index contributed by atoms with van der Waals surface area (Å²) in [7, 11) is 0. The number of hydrogen-bond acceptors (Lipinski definition) is 6. The molecule has 1 unspecified atom stereocenters. The summed E-state index contributed by atoms with van der Waals surface area (Å²) in [5.74, 6) is -1.09. The van der Waals surface area contributed by atoms with E-state index in [1.54, 1.807) is 0 Å². The minimum absolute atomic E-state index is 0.137. The largest absolute Gasteiger partial charge is 0.462 e. The first-order chi connectivity index (χ1) is 37.0. The van der Waals surface area contributed by atoms with Crippen molar-refractivity contribution < 1.29 is 28.6 Å². The van der Waals surface area contributed by atoms with Gasteiger partial charge < -0.3 is 14.2 Å². The molecule has 0 fully saturated rings. The first-order valence-corrected chi connectivity index (χ1v) is 29.0. The minimum Gasteiger partial charge on any atom is -0.462 e. The molecule has 0 aliphatic rings. The van der Waals surface area contributed by atoms with Gasteiger partial charge in [-0.05, 0) is 109 Å². The van der Waals surface area contributed by atoms with E-state index in [2.05, 4.69) is 130 Å². The summed E-state index contributed by atoms with van der Waals surface area (Å²) in [6, 6.07) is 0. The molecular formula is C69H102O6. The predicted molar refractivity (Wildman–Crippen MR) is 324 cm³/mol. The molecule has 1 atom stereocenters. The van der Waals surface area contributed by atoms with Crippen LogP contribution in [-0.4, -0.2) is 37.2 Å². The van der Waals surface area contributed by atoms with Crippen molar-refractivity contribution >= 4 is 17.9 Å². The topological polar surface area (TPSA) is 78.9 Å². The van der Waals surface area contributed by atoms with E-state index in [1.807, 2.05) is 85.1 Å². The first kappa shape index (κ1) is 69.2. The Labute approximate surface area is 458 Å². The molecule has 0 heterocycles. The minimum atomic E-state index is -0.854. The van der Waals surface area contributed by atoms with Crippen LogP contribution in [0.3, 0.4) is 0 Å². The Morgan fingerprint density at radius 2 is 0.573 bits per heavy atom. The quantitative estimate of drug-likeness (QED) is 0.0199. The lowest BCUT2D eigenvalue weighted by Crippen LogP contribution is -2.30. The van der Waals surface area contributed by atoms with E-state index in [9.17, 15) is 14.4 Å². The van der Waals surface area contributed by atoms with Gasteiger partial charge in [0.25, 0.3) is 0 Å². The highest BCUT2D eigenvalue weighted by Crippen LogP contribution is 2.13. The summed E-state index contributed by atoms with van der Waals surface area (Å²) in [6.07, 6.45) is 92.8. The molecule has 0 aromatic rings. The molecule has 6 heteroatoms. The monoisotopic (exact) mass is 1030 g/mol. The molecule has 75 heavy (non-hydrogen) atoms. The molecular weight excluding hydrogens is 925 g/mol. The van der Waals surface area contributed by atoms with Crippen molar-refractivity contribution in [2.75, 3.05) is 13.2 Å². The molecule has 0 N–H and O–H groups in total. The van der Waals surface area contributed by atoms with Crippen LogP contribution in [0.1, 0.15) is 201 Å². The normalized spacial score (nSPS) is 13.6. The van der Waals surface area contributed by atoms with Crippen LogP contribution in [0.15, 0.2) is 194 Å². The Hall–Kier alpha value is -5.75. The van der Waals surface area contributed by atoms with Crippen molar-refractivity contribution in [1.29, 1.82) is 0 Å². The van der Waals surface area contributed by atoms with Gasteiger partial charge in [-0.15, -0.1) is 0 Å². The molecule has 0 aromatic carbocycles. The lowest BCUT2D eigenvalue weighted by molar-refractivity contribution is -0.166. The lowest BCUT2D eigenvalue weighted by atomic mass is 10.1. The van der Waals surface area contributed by atoms with Gasteiger partial charge in [0.15, 0.2) is 6.10 Å². The third kappa shape index (κ3) is 59.0. The van der Waals surface area contributed by atoms with E-state index in [0.717, 1.165) is 109 Å². The fraction of sp³-hybridized carbons (Fsp3) is 0.493. The number of hydrogen-bond donors (Lipinski definition) is 0. The van der Waals surface area contributed by atoms with E-state index in [1.165, 1.54) is 38.5 Å². The number of esters is 3. The molecule has 0 saturated carbocycles. The number of carbonyl (C=O) groups excluding carboxylic acids is 3. The zero-order valence-corrected chi connectivity index (χ0v) is 47.2. The Kier molecular flexibility index (Phi) is 56.1. The Morgan fingerprint density at radius 3 is 0.973 bits per heavy atom. The van der Waals surface area contributed by atoms with E-state index in [4.69, 9.17) is 14.2 Å². The van der Waals surface area contributed by atoms with Crippen LogP contribution < -0.4 is 0 Å². The van der Waals surface area contributed by atoms with Crippen molar-refractivity contribution in [3.8, 4) is 0 Å². The number of allylic oxidation sites excluding steroid dienone is 32. The zero-order chi connectivity index (χ0) is 54.3. The summed E-state index contributed by atoms with van der Waals surface area (Å²) in [4.78, 5) is 38.2. The Balaban J connectivity index is 4.65. The fourth-order valence-corrected chi connectivity index (χ4v) is 7.05. The fourth-order valence-electron chi connectivity index (χ4n) is 7.05. The van der Waals surface area contributed by atoms with Crippen molar-refractivity contribution in [3.05, 3.63) is 194 Å². The van der Waals surface area contributed by atoms with Crippen LogP contribution in [0.5, 0.6) is 0 Å². The summed E-state index contributed by atoms with van der Waals surface area (Å²) in [5, 5.41) is 0. The van der Waals surface area contributed by atoms with Gasteiger partial charge in [0.05, 0.1) is 0 Å². The summed E-state index contributed by atoms with van der Waals surface area (Å²) >= 11 is 0. The SMILES string of the molecule is CC\C=C/C=C\C=C/C=C\C=C\C=C/C=C\CCCCCC(=O)OCC(COC(=O)CCCCCCCCCCC/C=C\C/C=C\C/C=C\CC)OC(=O)CC/C=C\C/C=C\C/C=C\C/C=C\C/C=C\C/C=C\CC. The van der Waals surface area contributed by atoms with Crippen LogP contribution in [0.25, 0.3) is 0 Å². The molecule has 0 amide bonds. The van der Waals surface area contributed by atoms with Crippen LogP contribution in [0.4, 0.5) is 0 Å². The van der Waals surface area contributed by atoms with Gasteiger partial charge in [0.1, 0.15) is 13.2 Å². The second-order valence-electron chi connectivity index (χ2n) is 18.2. The number of carbonyl (C=O) groups is 3. The molecule has 0 aliphatic heterocycles. The van der Waals surface area contributed by atoms with Crippen LogP contribution in [0.2, 0.25) is 0 Å². The average Bonchev–Trinajstić information content (AvgIpc) is 3.41. The summed E-state index contributed by atoms with van der Waals surface area (Å²) in [5.41, 5.74) is 0. The highest BCUT2D eigenvalue weighted by molar-refractivity contribution is 5.71. The molecule has 6 nitrogen and oxygen atoms in total. The Bertz CT molecular complexity index is 1850. The van der Waals surface area contributed by atoms with Crippen molar-refractivity contribution in [2.45, 2.75) is 207 Å². The molecule has 0 rings (SSSR count). The second-order valence-corrected chi connectivity index (χ2v) is 18.2. The van der Waals surface area contributed by atoms with E-state index >= 15 is 0 Å². The zero-order valence-electron chi connectivity index (χ0n) is 47.2. The standard InChI is InChI=1S/C69H102O6/c1-4-7-10-13-16-19-22-25-28-31-34-37-40-43-46-49-52-55-58-61-67(70)73-64-66(75-69(72)63-60-57-54-51-48-45-42-39-36-33-30-27-24-21-18-15-12-9-6-3)65-74-68(71)62-59-56-53-50-47-44-41-38-35-32-29-26-23-20-17-14-11-8-5-2/h7-13,16-22,25-31,34,36-37,39-40,43,45-46,48,54,57,66H,4-6,14-15,23-24,32-33,35,38,41-42,44,47,49-53,55-56,58-65H2,1-3H3/b10-7-,11-8-,12-9-,16-13-,20-17-,21-18-,22-19-,28-25-,29-26-,30-27-,34-31+,39-36-,40-37-,46-43-,48-45-,57-54-. The molecule has 0 aromatic heterocycles. The molecule has 0 bridgehead atoms. The predicted octanol–water partition coefficient (Wildman–Crippen LogP) is 19.9. The Morgan fingerprint density at radius 1 is 0.280 bits per heavy atom. The van der Waals surface area contributed by atoms with Gasteiger partial charge >= 0.3 is 17.9 Å². The highest BCUT2D eigenvalue weighted by Gasteiger charge is 2.19. The van der Waals surface area contributed by atoms with Crippen molar-refractivity contribution in [1.82, 2.24) is 0 Å². The van der Waals surface area contributed by atoms with Gasteiger partial charge in [0.2, 0.25) is 0 Å². The maximum absolute atomic E-state index is 12.8. The van der Waals surface area contributed by atoms with Crippen LogP contribution in [0, 0.1) is 0 Å². The lowest BCUT2D eigenvalue weighted by Gasteiger charge is -2.18. The third-order valence-electron chi connectivity index (χ3n) is 11.3. The van der Waals surface area contributed by atoms with Gasteiger partial charge in [-0.2, -0.15) is 0 Å². The van der Waals surface area contributed by atoms with Crippen molar-refractivity contribution in [3.63, 3.8) is 0 Å². The van der Waals surface area contributed by atoms with Gasteiger partial charge in [-0.3, -0.25) is 14.4 Å². The maximum atomic E-state index is 12.8. The molecule has 0 aliphatic carbocycles. The first-order valence-electron chi connectivity index (χ1n) is 29.0. The van der Waals surface area contributed by atoms with Gasteiger partial charge in [0, 0.05) is 19.3 Å². The number of unbranched alkanes of at least 4 members (excludes halogenated alkanes) is 12. The summed E-state index contributed by atoms with van der Waals surface area (Å²) < 4.78 is 16.8. The van der Waals surface area contributed by atoms with Crippen LogP contribution >= 0.6 is 0 Å². The smallest absolute Gasteiger partial charge is 0.306 e. The highest BCUT2D eigenvalue weighted by atomic mass is 16.6. The van der Waals surface area contributed by atoms with E-state index in [-0.39, 0.29) is 38.0 Å². The summed E-state index contributed by atoms with van der Waals surface area (Å²) in [6.45, 7) is 6.14. The van der Waals surface area contributed by atoms with Crippen LogP contribution in [-0.2, 0) is 28.6 Å². The molecule has 414 valence electrons. The number of rotatable bonds is 49. The van der Waals surface area contributed by atoms with Gasteiger partial charge in [-0.1, -0.05) is 267 Å². The van der Waals surface area contributed by atoms with E-state index < -0.39 is 12.1 Å². The van der Waals surface area contributed by atoms with Crippen molar-refractivity contribution in [2.24, 2.45) is 0 Å².